The minimum atomic E-state index is -0.0888. The van der Waals surface area contributed by atoms with Crippen LogP contribution in [0.1, 0.15) is 119 Å². The lowest BCUT2D eigenvalue weighted by Crippen LogP contribution is -2.31. The first-order chi connectivity index (χ1) is 13.6. The Labute approximate surface area is 185 Å². The smallest absolute Gasteiger partial charge is 0.000586 e. The van der Waals surface area contributed by atoms with E-state index in [-0.39, 0.29) is 15.8 Å². The Morgan fingerprint density at radius 2 is 1.21 bits per heavy atom. The van der Waals surface area contributed by atoms with Crippen LogP contribution in [0.15, 0.2) is 23.0 Å². The second kappa shape index (κ2) is 9.86. The van der Waals surface area contributed by atoms with E-state index in [0.717, 1.165) is 17.0 Å². The Bertz CT molecular complexity index is 557. The zero-order chi connectivity index (χ0) is 21.2. The van der Waals surface area contributed by atoms with Gasteiger partial charge in [0, 0.05) is 0 Å². The molecule has 0 saturated heterocycles. The summed E-state index contributed by atoms with van der Waals surface area (Å²) in [5.41, 5.74) is 4.69. The van der Waals surface area contributed by atoms with Gasteiger partial charge in [0.15, 0.2) is 0 Å². The van der Waals surface area contributed by atoms with Crippen LogP contribution in [-0.2, 0) is 0 Å². The highest BCUT2D eigenvalue weighted by molar-refractivity contribution is 7.64. The second-order valence-corrected chi connectivity index (χ2v) is 18.9. The number of hydrogen-bond acceptors (Lipinski definition) is 0. The van der Waals surface area contributed by atoms with Crippen molar-refractivity contribution in [3.05, 3.63) is 23.0 Å². The van der Waals surface area contributed by atoms with Gasteiger partial charge in [-0.15, -0.1) is 0 Å². The van der Waals surface area contributed by atoms with Gasteiger partial charge in [-0.3, -0.25) is 0 Å². The van der Waals surface area contributed by atoms with Crippen molar-refractivity contribution < 1.29 is 0 Å². The normalized spacial score (nSPS) is 24.2. The fourth-order valence-electron chi connectivity index (χ4n) is 6.88. The molecule has 2 saturated carbocycles. The quantitative estimate of drug-likeness (QED) is 0.378. The molecule has 0 aliphatic heterocycles. The van der Waals surface area contributed by atoms with Crippen molar-refractivity contribution >= 4 is 15.8 Å². The second-order valence-electron chi connectivity index (χ2n) is 11.9. The molecular formula is C27H48P2. The predicted octanol–water partition coefficient (Wildman–Crippen LogP) is 9.82. The van der Waals surface area contributed by atoms with Gasteiger partial charge in [-0.1, -0.05) is 121 Å². The Kier molecular flexibility index (Phi) is 8.16. The molecule has 0 heterocycles. The van der Waals surface area contributed by atoms with Gasteiger partial charge < -0.3 is 0 Å². The highest BCUT2D eigenvalue weighted by Gasteiger charge is 2.42. The lowest BCUT2D eigenvalue weighted by Gasteiger charge is -2.47. The van der Waals surface area contributed by atoms with Crippen molar-refractivity contribution in [2.75, 3.05) is 0 Å². The molecule has 0 aromatic carbocycles. The maximum Gasteiger partial charge on any atom is -0.000586 e. The Balaban J connectivity index is 1.97. The van der Waals surface area contributed by atoms with E-state index >= 15 is 0 Å². The molecule has 0 amide bonds. The molecule has 2 fully saturated rings. The van der Waals surface area contributed by atoms with E-state index in [2.05, 4.69) is 60.6 Å². The molecule has 0 N–H and O–H groups in total. The van der Waals surface area contributed by atoms with Crippen LogP contribution in [0.5, 0.6) is 0 Å². The fraction of sp³-hybridized carbons (Fsp3) is 0.852. The zero-order valence-corrected chi connectivity index (χ0v) is 22.3. The van der Waals surface area contributed by atoms with Crippen molar-refractivity contribution in [3.8, 4) is 0 Å². The third-order valence-corrected chi connectivity index (χ3v) is 15.1. The van der Waals surface area contributed by atoms with Crippen LogP contribution >= 0.6 is 15.8 Å². The first-order valence-corrected chi connectivity index (χ1v) is 15.5. The molecule has 0 aromatic rings. The summed E-state index contributed by atoms with van der Waals surface area (Å²) in [6, 6.07) is 0. The number of hydrogen-bond donors (Lipinski definition) is 0. The predicted molar refractivity (Wildman–Crippen MR) is 137 cm³/mol. The SMILES string of the molecule is C[C@H](C1=C(P(C2CCCCC2)C2CCCCC2)C=CC1)P(C(C)(C)C)C(C)(C)C. The molecule has 0 radical (unpaired) electrons. The van der Waals surface area contributed by atoms with E-state index in [1.54, 1.807) is 0 Å². The molecule has 0 nitrogen and oxygen atoms in total. The van der Waals surface area contributed by atoms with E-state index in [4.69, 9.17) is 0 Å². The molecule has 29 heavy (non-hydrogen) atoms. The molecule has 0 unspecified atom stereocenters. The average Bonchev–Trinajstić information content (AvgIpc) is 3.11. The lowest BCUT2D eigenvalue weighted by atomic mass is 9.99. The van der Waals surface area contributed by atoms with E-state index in [0.29, 0.717) is 10.3 Å². The summed E-state index contributed by atoms with van der Waals surface area (Å²) in [4.78, 5) is 0. The van der Waals surface area contributed by atoms with E-state index < -0.39 is 0 Å². The minimum Gasteiger partial charge on any atom is -0.0885 e. The fourth-order valence-corrected chi connectivity index (χ4v) is 16.0. The molecule has 3 aliphatic rings. The summed E-state index contributed by atoms with van der Waals surface area (Å²) >= 11 is 0. The highest BCUT2D eigenvalue weighted by Crippen LogP contribution is 2.68. The van der Waals surface area contributed by atoms with E-state index in [1.807, 2.05) is 10.9 Å². The molecule has 166 valence electrons. The van der Waals surface area contributed by atoms with Gasteiger partial charge in [-0.2, -0.15) is 0 Å². The average molecular weight is 435 g/mol. The number of allylic oxidation sites excluding steroid dienone is 4. The maximum atomic E-state index is 2.64. The van der Waals surface area contributed by atoms with Gasteiger partial charge in [0.2, 0.25) is 0 Å². The van der Waals surface area contributed by atoms with Crippen LogP contribution in [-0.4, -0.2) is 27.3 Å². The summed E-state index contributed by atoms with van der Waals surface area (Å²) in [5, 5.41) is 2.71. The van der Waals surface area contributed by atoms with Gasteiger partial charge in [0.25, 0.3) is 0 Å². The van der Waals surface area contributed by atoms with Crippen LogP contribution in [0.2, 0.25) is 0 Å². The third-order valence-electron chi connectivity index (χ3n) is 7.49. The van der Waals surface area contributed by atoms with Crippen LogP contribution in [0.4, 0.5) is 0 Å². The summed E-state index contributed by atoms with van der Waals surface area (Å²) in [6.07, 6.45) is 21.5. The first kappa shape index (κ1) is 24.0. The standard InChI is InChI=1S/C27H48P2/c1-21(29(26(2,3)4)27(5,6)7)24-19-14-20-25(24)28(22-15-10-8-11-16-22)23-17-12-9-13-18-23/h14,20-23H,8-13,15-19H2,1-7H3/t21-/m1/s1. The van der Waals surface area contributed by atoms with Gasteiger partial charge in [-0.25, -0.2) is 0 Å². The van der Waals surface area contributed by atoms with E-state index in [9.17, 15) is 0 Å². The monoisotopic (exact) mass is 434 g/mol. The molecule has 3 aliphatic carbocycles. The van der Waals surface area contributed by atoms with Crippen LogP contribution in [0.3, 0.4) is 0 Å². The lowest BCUT2D eigenvalue weighted by molar-refractivity contribution is 0.486. The first-order valence-electron chi connectivity index (χ1n) is 12.6. The van der Waals surface area contributed by atoms with Crippen molar-refractivity contribution in [1.82, 2.24) is 0 Å². The Morgan fingerprint density at radius 1 is 0.759 bits per heavy atom. The molecule has 0 bridgehead atoms. The summed E-state index contributed by atoms with van der Waals surface area (Å²) in [7, 11) is -0.0519. The van der Waals surface area contributed by atoms with Gasteiger partial charge in [0.05, 0.1) is 0 Å². The Hall–Kier alpha value is 0.340. The maximum absolute atomic E-state index is 2.64. The van der Waals surface area contributed by atoms with Gasteiger partial charge >= 0.3 is 0 Å². The summed E-state index contributed by atoms with van der Waals surface area (Å²) in [5.74, 6) is 0. The van der Waals surface area contributed by atoms with Crippen molar-refractivity contribution in [1.29, 1.82) is 0 Å². The van der Waals surface area contributed by atoms with Crippen LogP contribution in [0.25, 0.3) is 0 Å². The van der Waals surface area contributed by atoms with E-state index in [1.165, 1.54) is 70.6 Å². The largest absolute Gasteiger partial charge is 0.0885 e. The molecule has 0 spiro atoms. The number of rotatable bonds is 5. The molecule has 0 aromatic heterocycles. The van der Waals surface area contributed by atoms with Crippen LogP contribution < -0.4 is 0 Å². The zero-order valence-electron chi connectivity index (χ0n) is 20.6. The molecular weight excluding hydrogens is 386 g/mol. The van der Waals surface area contributed by atoms with Gasteiger partial charge in [-0.05, 0) is 64.7 Å². The van der Waals surface area contributed by atoms with Crippen LogP contribution in [0, 0.1) is 0 Å². The van der Waals surface area contributed by atoms with Crippen molar-refractivity contribution in [3.63, 3.8) is 0 Å². The molecule has 1 atom stereocenters. The highest BCUT2D eigenvalue weighted by atomic mass is 31.1. The van der Waals surface area contributed by atoms with Crippen molar-refractivity contribution in [2.45, 2.75) is 146 Å². The van der Waals surface area contributed by atoms with Gasteiger partial charge in [0.1, 0.15) is 0 Å². The third kappa shape index (κ3) is 5.78. The minimum absolute atomic E-state index is 0.0368. The molecule has 3 rings (SSSR count). The van der Waals surface area contributed by atoms with Crippen molar-refractivity contribution in [2.24, 2.45) is 0 Å². The Morgan fingerprint density at radius 3 is 1.62 bits per heavy atom. The molecule has 2 heteroatoms. The summed E-state index contributed by atoms with van der Waals surface area (Å²) < 4.78 is 0. The topological polar surface area (TPSA) is 0 Å². The summed E-state index contributed by atoms with van der Waals surface area (Å²) in [6.45, 7) is 17.7.